The number of likely N-dealkylation sites (N-methyl/N-ethyl adjacent to an activating group) is 1. The molecule has 0 spiro atoms. The van der Waals surface area contributed by atoms with Crippen LogP contribution in [-0.2, 0) is 9.59 Å². The number of hydrogen-bond acceptors (Lipinski definition) is 3. The lowest BCUT2D eigenvalue weighted by Crippen LogP contribution is -2.54. The zero-order chi connectivity index (χ0) is 11.4. The fourth-order valence-corrected chi connectivity index (χ4v) is 1.62. The van der Waals surface area contributed by atoms with Crippen LogP contribution in [0.1, 0.15) is 13.8 Å². The summed E-state index contributed by atoms with van der Waals surface area (Å²) in [5.74, 6) is -0.0483. The van der Waals surface area contributed by atoms with Gasteiger partial charge < -0.3 is 15.1 Å². The van der Waals surface area contributed by atoms with Crippen LogP contribution in [0, 0.1) is 0 Å². The van der Waals surface area contributed by atoms with E-state index >= 15 is 0 Å². The number of piperazine rings is 1. The van der Waals surface area contributed by atoms with Gasteiger partial charge >= 0.3 is 0 Å². The molecule has 0 aromatic carbocycles. The molecule has 0 aromatic rings. The Labute approximate surface area is 90.4 Å². The van der Waals surface area contributed by atoms with E-state index in [4.69, 9.17) is 0 Å². The van der Waals surface area contributed by atoms with Crippen LogP contribution in [0.3, 0.4) is 0 Å². The zero-order valence-corrected chi connectivity index (χ0v) is 9.62. The van der Waals surface area contributed by atoms with Crippen molar-refractivity contribution in [3.05, 3.63) is 0 Å². The third-order valence-corrected chi connectivity index (χ3v) is 2.73. The summed E-state index contributed by atoms with van der Waals surface area (Å²) in [6.45, 7) is 6.05. The van der Waals surface area contributed by atoms with E-state index in [9.17, 15) is 9.59 Å². The van der Waals surface area contributed by atoms with Crippen molar-refractivity contribution in [2.75, 3.05) is 33.2 Å². The van der Waals surface area contributed by atoms with Crippen LogP contribution in [0.5, 0.6) is 0 Å². The molecule has 15 heavy (non-hydrogen) atoms. The highest BCUT2D eigenvalue weighted by Gasteiger charge is 2.23. The van der Waals surface area contributed by atoms with Gasteiger partial charge in [0.05, 0.1) is 6.54 Å². The summed E-state index contributed by atoms with van der Waals surface area (Å²) in [6.07, 6.45) is 0. The van der Waals surface area contributed by atoms with Gasteiger partial charge in [0, 0.05) is 39.6 Å². The first-order chi connectivity index (χ1) is 7.02. The van der Waals surface area contributed by atoms with E-state index in [2.05, 4.69) is 5.32 Å². The monoisotopic (exact) mass is 213 g/mol. The van der Waals surface area contributed by atoms with Gasteiger partial charge in [0.15, 0.2) is 0 Å². The average Bonchev–Trinajstić information content (AvgIpc) is 2.18. The maximum Gasteiger partial charge on any atom is 0.242 e. The Balaban J connectivity index is 2.48. The second-order valence-corrected chi connectivity index (χ2v) is 4.02. The van der Waals surface area contributed by atoms with E-state index in [0.717, 1.165) is 19.6 Å². The predicted molar refractivity (Wildman–Crippen MR) is 57.4 cm³/mol. The van der Waals surface area contributed by atoms with Gasteiger partial charge in [-0.3, -0.25) is 9.59 Å². The predicted octanol–water partition coefficient (Wildman–Crippen LogP) is -0.715. The van der Waals surface area contributed by atoms with Gasteiger partial charge in [-0.15, -0.1) is 0 Å². The molecular formula is C10H19N3O2. The molecule has 0 radical (unpaired) electrons. The number of carbonyl (C=O) groups is 2. The smallest absolute Gasteiger partial charge is 0.242 e. The van der Waals surface area contributed by atoms with E-state index in [1.165, 1.54) is 11.8 Å². The van der Waals surface area contributed by atoms with Crippen molar-refractivity contribution in [2.45, 2.75) is 19.9 Å². The highest BCUT2D eigenvalue weighted by Crippen LogP contribution is 2.03. The van der Waals surface area contributed by atoms with Gasteiger partial charge in [-0.1, -0.05) is 0 Å². The number of amides is 2. The molecule has 2 amide bonds. The summed E-state index contributed by atoms with van der Waals surface area (Å²) in [5.41, 5.74) is 0. The summed E-state index contributed by atoms with van der Waals surface area (Å²) >= 11 is 0. The van der Waals surface area contributed by atoms with Crippen LogP contribution in [0.2, 0.25) is 0 Å². The third kappa shape index (κ3) is 3.20. The molecule has 5 nitrogen and oxygen atoms in total. The molecule has 86 valence electrons. The van der Waals surface area contributed by atoms with Crippen LogP contribution in [-0.4, -0.2) is 60.9 Å². The Kier molecular flexibility index (Phi) is 4.08. The van der Waals surface area contributed by atoms with E-state index in [0.29, 0.717) is 0 Å². The highest BCUT2D eigenvalue weighted by atomic mass is 16.2. The molecule has 0 aliphatic carbocycles. The minimum Gasteiger partial charge on any atom is -0.337 e. The molecule has 1 saturated heterocycles. The van der Waals surface area contributed by atoms with Crippen molar-refractivity contribution < 1.29 is 9.59 Å². The minimum atomic E-state index is -0.0777. The third-order valence-electron chi connectivity index (χ3n) is 2.73. The first kappa shape index (κ1) is 12.0. The van der Waals surface area contributed by atoms with Crippen molar-refractivity contribution in [1.82, 2.24) is 15.1 Å². The molecule has 0 bridgehead atoms. The van der Waals surface area contributed by atoms with Crippen LogP contribution >= 0.6 is 0 Å². The van der Waals surface area contributed by atoms with Gasteiger partial charge in [0.25, 0.3) is 0 Å². The first-order valence-electron chi connectivity index (χ1n) is 5.24. The van der Waals surface area contributed by atoms with Gasteiger partial charge in [-0.25, -0.2) is 0 Å². The van der Waals surface area contributed by atoms with Gasteiger partial charge in [0.1, 0.15) is 0 Å². The van der Waals surface area contributed by atoms with Crippen molar-refractivity contribution in [1.29, 1.82) is 0 Å². The average molecular weight is 213 g/mol. The van der Waals surface area contributed by atoms with Crippen LogP contribution in [0.15, 0.2) is 0 Å². The molecule has 1 fully saturated rings. The fourth-order valence-electron chi connectivity index (χ4n) is 1.62. The maximum absolute atomic E-state index is 11.8. The topological polar surface area (TPSA) is 52.7 Å². The molecule has 1 atom stereocenters. The quantitative estimate of drug-likeness (QED) is 0.659. The Bertz CT molecular complexity index is 255. The second kappa shape index (κ2) is 5.11. The SMILES string of the molecule is CC(=O)N(C)CC(=O)N1CCNC[C@H]1C. The number of nitrogens with zero attached hydrogens (tertiary/aromatic N) is 2. The molecule has 0 unspecified atom stereocenters. The summed E-state index contributed by atoms with van der Waals surface area (Å²) in [5, 5.41) is 3.22. The summed E-state index contributed by atoms with van der Waals surface area (Å²) in [4.78, 5) is 26.1. The maximum atomic E-state index is 11.8. The van der Waals surface area contributed by atoms with E-state index in [1.54, 1.807) is 7.05 Å². The molecule has 5 heteroatoms. The van der Waals surface area contributed by atoms with Gasteiger partial charge in [-0.05, 0) is 6.92 Å². The summed E-state index contributed by atoms with van der Waals surface area (Å²) < 4.78 is 0. The number of nitrogens with one attached hydrogen (secondary N) is 1. The lowest BCUT2D eigenvalue weighted by atomic mass is 10.2. The molecule has 0 saturated carbocycles. The molecule has 1 rings (SSSR count). The van der Waals surface area contributed by atoms with Gasteiger partial charge in [0.2, 0.25) is 11.8 Å². The lowest BCUT2D eigenvalue weighted by molar-refractivity contribution is -0.140. The van der Waals surface area contributed by atoms with E-state index in [1.807, 2.05) is 11.8 Å². The minimum absolute atomic E-state index is 0.0294. The second-order valence-electron chi connectivity index (χ2n) is 4.02. The van der Waals surface area contributed by atoms with Crippen LogP contribution in [0.4, 0.5) is 0 Å². The Hall–Kier alpha value is -1.10. The normalized spacial score (nSPS) is 21.3. The zero-order valence-electron chi connectivity index (χ0n) is 9.62. The van der Waals surface area contributed by atoms with Crippen LogP contribution in [0.25, 0.3) is 0 Å². The highest BCUT2D eigenvalue weighted by molar-refractivity contribution is 5.83. The van der Waals surface area contributed by atoms with E-state index < -0.39 is 0 Å². The van der Waals surface area contributed by atoms with Crippen molar-refractivity contribution in [2.24, 2.45) is 0 Å². The molecule has 1 aliphatic rings. The van der Waals surface area contributed by atoms with Gasteiger partial charge in [-0.2, -0.15) is 0 Å². The fraction of sp³-hybridized carbons (Fsp3) is 0.800. The molecule has 1 heterocycles. The molecular weight excluding hydrogens is 194 g/mol. The Morgan fingerprint density at radius 3 is 2.73 bits per heavy atom. The van der Waals surface area contributed by atoms with E-state index in [-0.39, 0.29) is 24.4 Å². The summed E-state index contributed by atoms with van der Waals surface area (Å²) in [7, 11) is 1.65. The standard InChI is InChI=1S/C10H19N3O2/c1-8-6-11-4-5-13(8)10(15)7-12(3)9(2)14/h8,11H,4-7H2,1-3H3/t8-/m1/s1. The lowest BCUT2D eigenvalue weighted by Gasteiger charge is -2.34. The molecule has 0 aromatic heterocycles. The van der Waals surface area contributed by atoms with Crippen molar-refractivity contribution in [3.8, 4) is 0 Å². The first-order valence-corrected chi connectivity index (χ1v) is 5.24. The molecule has 1 N–H and O–H groups in total. The van der Waals surface area contributed by atoms with Crippen LogP contribution < -0.4 is 5.32 Å². The Morgan fingerprint density at radius 2 is 2.20 bits per heavy atom. The Morgan fingerprint density at radius 1 is 1.53 bits per heavy atom. The number of hydrogen-bond donors (Lipinski definition) is 1. The number of rotatable bonds is 2. The summed E-state index contributed by atoms with van der Waals surface area (Å²) in [6, 6.07) is 0.214. The largest absolute Gasteiger partial charge is 0.337 e. The molecule has 1 aliphatic heterocycles. The van der Waals surface area contributed by atoms with Crippen molar-refractivity contribution in [3.63, 3.8) is 0 Å². The van der Waals surface area contributed by atoms with Crippen molar-refractivity contribution >= 4 is 11.8 Å². The number of carbonyl (C=O) groups excluding carboxylic acids is 2.